The predicted molar refractivity (Wildman–Crippen MR) is 140 cm³/mol. The molecule has 0 bridgehead atoms. The second-order valence-corrected chi connectivity index (χ2v) is 11.0. The Balaban J connectivity index is 1.65. The maximum atomic E-state index is 13.1. The van der Waals surface area contributed by atoms with Crippen molar-refractivity contribution in [3.05, 3.63) is 32.2 Å². The number of aliphatic hydroxyl groups is 1. The number of aliphatic imine (C=N–C) groups is 1. The van der Waals surface area contributed by atoms with Gasteiger partial charge in [0.1, 0.15) is 0 Å². The average molecular weight is 530 g/mol. The van der Waals surface area contributed by atoms with Crippen LogP contribution in [0.3, 0.4) is 0 Å². The van der Waals surface area contributed by atoms with E-state index in [1.54, 1.807) is 0 Å². The van der Waals surface area contributed by atoms with Gasteiger partial charge < -0.3 is 19.7 Å². The highest BCUT2D eigenvalue weighted by Gasteiger charge is 2.57. The number of carbonyl (C=O) groups is 1. The van der Waals surface area contributed by atoms with Crippen LogP contribution in [0.1, 0.15) is 89.9 Å². The Labute approximate surface area is 222 Å². The Hall–Kier alpha value is -2.78. The van der Waals surface area contributed by atoms with E-state index in [0.29, 0.717) is 37.5 Å². The van der Waals surface area contributed by atoms with Crippen molar-refractivity contribution in [1.29, 1.82) is 0 Å². The summed E-state index contributed by atoms with van der Waals surface area (Å²) in [6, 6.07) is -0.270. The summed E-state index contributed by atoms with van der Waals surface area (Å²) in [6.07, 6.45) is 9.62. The van der Waals surface area contributed by atoms with Gasteiger partial charge in [0, 0.05) is 40.7 Å². The number of carboxylic acids is 1. The van der Waals surface area contributed by atoms with Gasteiger partial charge in [0.25, 0.3) is 0 Å². The molecule has 12 heteroatoms. The molecule has 3 aliphatic carbocycles. The van der Waals surface area contributed by atoms with Crippen molar-refractivity contribution in [2.24, 2.45) is 27.1 Å². The number of ether oxygens (including phenoxy) is 2. The minimum Gasteiger partial charge on any atom is -0.479 e. The molecule has 4 rings (SSSR count). The first-order valence-electron chi connectivity index (χ1n) is 14.1. The molecule has 0 saturated heterocycles. The van der Waals surface area contributed by atoms with Crippen molar-refractivity contribution in [2.45, 2.75) is 114 Å². The molecule has 2 saturated carbocycles. The highest BCUT2D eigenvalue weighted by Crippen LogP contribution is 2.46. The molecule has 4 aliphatic rings. The molecular formula is C26H39N7O5. The Kier molecular flexibility index (Phi) is 9.91. The second kappa shape index (κ2) is 13.3. The maximum Gasteiger partial charge on any atom is 0.336 e. The lowest BCUT2D eigenvalue weighted by Gasteiger charge is -2.37. The SMILES string of the molecule is [N-]=[N+]=NC1=C([C@@H]2OC(C3CCC(OCCCO)CC3)=N[C@]2(CC2CCCCC2N=[N+]=[N-])C(=O)O)CCCC1. The van der Waals surface area contributed by atoms with Crippen molar-refractivity contribution < 1.29 is 24.5 Å². The third kappa shape index (κ3) is 6.26. The summed E-state index contributed by atoms with van der Waals surface area (Å²) in [7, 11) is 0. The Morgan fingerprint density at radius 3 is 2.55 bits per heavy atom. The molecule has 0 amide bonds. The summed E-state index contributed by atoms with van der Waals surface area (Å²) >= 11 is 0. The molecule has 0 aromatic rings. The van der Waals surface area contributed by atoms with Crippen LogP contribution in [-0.2, 0) is 14.3 Å². The number of allylic oxidation sites excluding steroid dienone is 1. The molecule has 0 radical (unpaired) electrons. The minimum absolute atomic E-state index is 0.0113. The van der Waals surface area contributed by atoms with Crippen LogP contribution in [0.4, 0.5) is 0 Å². The fourth-order valence-electron chi connectivity index (χ4n) is 6.65. The lowest BCUT2D eigenvalue weighted by atomic mass is 9.72. The average Bonchev–Trinajstić information content (AvgIpc) is 3.31. The number of carboxylic acid groups (broad SMARTS) is 1. The zero-order chi connectivity index (χ0) is 27.0. The smallest absolute Gasteiger partial charge is 0.336 e. The predicted octanol–water partition coefficient (Wildman–Crippen LogP) is 5.96. The molecule has 38 heavy (non-hydrogen) atoms. The molecule has 0 aromatic carbocycles. The summed E-state index contributed by atoms with van der Waals surface area (Å²) in [5.74, 6) is -0.710. The zero-order valence-corrected chi connectivity index (χ0v) is 22.0. The molecule has 2 unspecified atom stereocenters. The van der Waals surface area contributed by atoms with Crippen LogP contribution in [-0.4, -0.2) is 59.1 Å². The van der Waals surface area contributed by atoms with Gasteiger partial charge in [0.2, 0.25) is 5.54 Å². The number of aliphatic hydroxyl groups excluding tert-OH is 1. The van der Waals surface area contributed by atoms with E-state index in [1.807, 2.05) is 0 Å². The standard InChI is InChI=1S/C26H39N7O5/c27-32-30-21-8-3-1-6-18(21)16-26(25(35)36)23(20-7-2-4-9-22(20)31-33-28)38-24(29-26)17-10-12-19(13-11-17)37-15-5-14-34/h17-19,21,23,34H,1-16H2,(H,35,36)/t17?,18?,19?,21?,23-,26-/m0/s1. The van der Waals surface area contributed by atoms with Gasteiger partial charge in [0.15, 0.2) is 12.0 Å². The van der Waals surface area contributed by atoms with Gasteiger partial charge in [0.05, 0.1) is 6.10 Å². The van der Waals surface area contributed by atoms with Gasteiger partial charge in [-0.2, -0.15) is 0 Å². The number of nitrogens with zero attached hydrogens (tertiary/aromatic N) is 7. The van der Waals surface area contributed by atoms with E-state index in [9.17, 15) is 15.4 Å². The highest BCUT2D eigenvalue weighted by atomic mass is 16.5. The molecular weight excluding hydrogens is 490 g/mol. The number of aliphatic carboxylic acids is 1. The van der Waals surface area contributed by atoms with Crippen LogP contribution in [0.25, 0.3) is 20.9 Å². The third-order valence-electron chi connectivity index (χ3n) is 8.64. The maximum absolute atomic E-state index is 13.1. The van der Waals surface area contributed by atoms with Crippen molar-refractivity contribution in [3.63, 3.8) is 0 Å². The summed E-state index contributed by atoms with van der Waals surface area (Å²) in [5.41, 5.74) is 18.1. The third-order valence-corrected chi connectivity index (χ3v) is 8.64. The van der Waals surface area contributed by atoms with Gasteiger partial charge in [-0.25, -0.2) is 9.79 Å². The highest BCUT2D eigenvalue weighted by molar-refractivity contribution is 5.91. The summed E-state index contributed by atoms with van der Waals surface area (Å²) in [4.78, 5) is 24.1. The van der Waals surface area contributed by atoms with Crippen LogP contribution < -0.4 is 0 Å². The topological polar surface area (TPSA) is 186 Å². The number of hydrogen-bond acceptors (Lipinski definition) is 7. The summed E-state index contributed by atoms with van der Waals surface area (Å²) in [6.45, 7) is 0.630. The van der Waals surface area contributed by atoms with Gasteiger partial charge in [-0.1, -0.05) is 23.1 Å². The van der Waals surface area contributed by atoms with E-state index in [1.165, 1.54) is 0 Å². The molecule has 0 aromatic heterocycles. The van der Waals surface area contributed by atoms with Gasteiger partial charge in [-0.05, 0) is 99.6 Å². The Morgan fingerprint density at radius 2 is 1.84 bits per heavy atom. The van der Waals surface area contributed by atoms with E-state index in [0.717, 1.165) is 69.8 Å². The Bertz CT molecular complexity index is 1010. The largest absolute Gasteiger partial charge is 0.479 e. The molecule has 2 fully saturated rings. The van der Waals surface area contributed by atoms with Gasteiger partial charge >= 0.3 is 5.97 Å². The monoisotopic (exact) mass is 529 g/mol. The zero-order valence-electron chi connectivity index (χ0n) is 22.0. The molecule has 0 spiro atoms. The fraction of sp³-hybridized carbons (Fsp3) is 0.846. The molecule has 208 valence electrons. The number of hydrogen-bond donors (Lipinski definition) is 2. The minimum atomic E-state index is -1.56. The molecule has 2 N–H and O–H groups in total. The molecule has 4 atom stereocenters. The van der Waals surface area contributed by atoms with Gasteiger partial charge in [-0.15, -0.1) is 0 Å². The molecule has 12 nitrogen and oxygen atoms in total. The van der Waals surface area contributed by atoms with Crippen molar-refractivity contribution in [2.75, 3.05) is 13.2 Å². The van der Waals surface area contributed by atoms with E-state index in [4.69, 9.17) is 25.1 Å². The number of rotatable bonds is 11. The first kappa shape index (κ1) is 28.2. The van der Waals surface area contributed by atoms with E-state index in [2.05, 4.69) is 20.1 Å². The fourth-order valence-corrected chi connectivity index (χ4v) is 6.65. The van der Waals surface area contributed by atoms with Crippen molar-refractivity contribution >= 4 is 11.9 Å². The van der Waals surface area contributed by atoms with Crippen LogP contribution >= 0.6 is 0 Å². The summed E-state index contributed by atoms with van der Waals surface area (Å²) in [5, 5.41) is 27.7. The normalized spacial score (nSPS) is 33.5. The van der Waals surface area contributed by atoms with Crippen LogP contribution in [0.15, 0.2) is 26.5 Å². The lowest BCUT2D eigenvalue weighted by Crippen LogP contribution is -2.50. The van der Waals surface area contributed by atoms with E-state index < -0.39 is 17.6 Å². The second-order valence-electron chi connectivity index (χ2n) is 11.0. The molecule has 1 aliphatic heterocycles. The Morgan fingerprint density at radius 1 is 1.08 bits per heavy atom. The quantitative estimate of drug-likeness (QED) is 0.144. The van der Waals surface area contributed by atoms with E-state index in [-0.39, 0.29) is 37.0 Å². The lowest BCUT2D eigenvalue weighted by molar-refractivity contribution is -0.146. The molecule has 1 heterocycles. The van der Waals surface area contributed by atoms with Crippen molar-refractivity contribution in [1.82, 2.24) is 0 Å². The van der Waals surface area contributed by atoms with E-state index >= 15 is 0 Å². The first-order chi connectivity index (χ1) is 18.5. The van der Waals surface area contributed by atoms with Crippen LogP contribution in [0.2, 0.25) is 0 Å². The van der Waals surface area contributed by atoms with Crippen molar-refractivity contribution in [3.8, 4) is 0 Å². The van der Waals surface area contributed by atoms with Crippen LogP contribution in [0.5, 0.6) is 0 Å². The number of azide groups is 2. The summed E-state index contributed by atoms with van der Waals surface area (Å²) < 4.78 is 12.4. The first-order valence-corrected chi connectivity index (χ1v) is 14.1. The van der Waals surface area contributed by atoms with Gasteiger partial charge in [-0.3, -0.25) is 0 Å². The van der Waals surface area contributed by atoms with Crippen LogP contribution in [0, 0.1) is 11.8 Å².